The number of halogens is 1. The van der Waals surface area contributed by atoms with E-state index in [4.69, 9.17) is 11.6 Å². The molecule has 8 heteroatoms. The summed E-state index contributed by atoms with van der Waals surface area (Å²) in [5, 5.41) is 16.1. The van der Waals surface area contributed by atoms with Crippen LogP contribution in [0.4, 0.5) is 17.1 Å². The molecule has 0 bridgehead atoms. The molecule has 1 heterocycles. The van der Waals surface area contributed by atoms with Crippen molar-refractivity contribution in [3.63, 3.8) is 0 Å². The molecule has 1 amide bonds. The number of nitrogens with zero attached hydrogens (tertiary/aromatic N) is 1. The number of benzene rings is 2. The van der Waals surface area contributed by atoms with Gasteiger partial charge in [0.05, 0.1) is 21.0 Å². The van der Waals surface area contributed by atoms with Gasteiger partial charge in [-0.15, -0.1) is 11.3 Å². The minimum absolute atomic E-state index is 0.0535. The van der Waals surface area contributed by atoms with Crippen LogP contribution < -0.4 is 15.5 Å². The van der Waals surface area contributed by atoms with Crippen molar-refractivity contribution in [2.24, 2.45) is 0 Å². The molecule has 1 saturated carbocycles. The number of thiophene rings is 1. The van der Waals surface area contributed by atoms with Crippen LogP contribution in [0.15, 0.2) is 60.7 Å². The summed E-state index contributed by atoms with van der Waals surface area (Å²) in [6.07, 6.45) is 1.46. The van der Waals surface area contributed by atoms with Crippen molar-refractivity contribution in [3.8, 4) is 0 Å². The van der Waals surface area contributed by atoms with E-state index in [-0.39, 0.29) is 18.2 Å². The highest BCUT2D eigenvalue weighted by Gasteiger charge is 2.32. The van der Waals surface area contributed by atoms with E-state index in [9.17, 15) is 14.7 Å². The first kappa shape index (κ1) is 23.3. The third kappa shape index (κ3) is 5.93. The lowest BCUT2D eigenvalue weighted by atomic mass is 10.1. The molecule has 172 valence electrons. The molecule has 0 radical (unpaired) electrons. The van der Waals surface area contributed by atoms with Gasteiger partial charge >= 0.3 is 0 Å². The Balaban J connectivity index is 1.35. The van der Waals surface area contributed by atoms with E-state index < -0.39 is 6.10 Å². The molecule has 3 aromatic rings. The number of anilines is 3. The zero-order chi connectivity index (χ0) is 23.4. The Morgan fingerprint density at radius 2 is 1.82 bits per heavy atom. The van der Waals surface area contributed by atoms with Gasteiger partial charge in [0.1, 0.15) is 0 Å². The molecular formula is C25H26ClN3O3S. The maximum Gasteiger partial charge on any atom is 0.261 e. The molecule has 1 aliphatic carbocycles. The molecular weight excluding hydrogens is 458 g/mol. The SMILES string of the molecule is CC(=O)c1ccccc1N(c1ccc(NCC(O)CNC(=O)c2ccc(Cl)s2)cc1)C1CC1. The number of carbonyl (C=O) groups excluding carboxylic acids is 2. The number of Topliss-reactive ketones (excluding diaryl/α,β-unsaturated/α-hetero) is 1. The van der Waals surface area contributed by atoms with Crippen molar-refractivity contribution in [3.05, 3.63) is 75.4 Å². The van der Waals surface area contributed by atoms with Gasteiger partial charge in [-0.25, -0.2) is 0 Å². The summed E-state index contributed by atoms with van der Waals surface area (Å²) >= 11 is 7.06. The predicted molar refractivity (Wildman–Crippen MR) is 134 cm³/mol. The van der Waals surface area contributed by atoms with E-state index in [2.05, 4.69) is 15.5 Å². The highest BCUT2D eigenvalue weighted by atomic mass is 35.5. The van der Waals surface area contributed by atoms with Crippen LogP contribution in [0.25, 0.3) is 0 Å². The number of aliphatic hydroxyl groups is 1. The Kier molecular flexibility index (Phi) is 7.33. The van der Waals surface area contributed by atoms with E-state index in [1.165, 1.54) is 11.3 Å². The molecule has 1 fully saturated rings. The molecule has 0 aliphatic heterocycles. The maximum atomic E-state index is 12.1. The van der Waals surface area contributed by atoms with Crippen LogP contribution in [0.1, 0.15) is 39.8 Å². The zero-order valence-corrected chi connectivity index (χ0v) is 19.8. The number of para-hydroxylation sites is 1. The Labute approximate surface area is 202 Å². The fraction of sp³-hybridized carbons (Fsp3) is 0.280. The van der Waals surface area contributed by atoms with E-state index in [0.29, 0.717) is 21.8 Å². The van der Waals surface area contributed by atoms with Crippen molar-refractivity contribution >= 4 is 51.7 Å². The van der Waals surface area contributed by atoms with Crippen molar-refractivity contribution in [1.82, 2.24) is 5.32 Å². The average Bonchev–Trinajstić information content (AvgIpc) is 3.55. The lowest BCUT2D eigenvalue weighted by Crippen LogP contribution is -2.35. The minimum Gasteiger partial charge on any atom is -0.389 e. The van der Waals surface area contributed by atoms with Crippen LogP contribution >= 0.6 is 22.9 Å². The topological polar surface area (TPSA) is 81.7 Å². The lowest BCUT2D eigenvalue weighted by Gasteiger charge is -2.27. The Bertz CT molecular complexity index is 1130. The first-order valence-corrected chi connectivity index (χ1v) is 12.1. The number of hydrogen-bond acceptors (Lipinski definition) is 6. The molecule has 33 heavy (non-hydrogen) atoms. The quantitative estimate of drug-likeness (QED) is 0.349. The third-order valence-corrected chi connectivity index (χ3v) is 6.67. The van der Waals surface area contributed by atoms with Crippen LogP contribution in [0.2, 0.25) is 4.34 Å². The second kappa shape index (κ2) is 10.4. The maximum absolute atomic E-state index is 12.1. The van der Waals surface area contributed by atoms with E-state index >= 15 is 0 Å². The zero-order valence-electron chi connectivity index (χ0n) is 18.3. The van der Waals surface area contributed by atoms with Crippen molar-refractivity contribution in [2.75, 3.05) is 23.3 Å². The van der Waals surface area contributed by atoms with Gasteiger partial charge in [-0.1, -0.05) is 23.7 Å². The van der Waals surface area contributed by atoms with Crippen LogP contribution in [0, 0.1) is 0 Å². The normalized spacial score (nSPS) is 13.9. The molecule has 1 unspecified atom stereocenters. The summed E-state index contributed by atoms with van der Waals surface area (Å²) in [6, 6.07) is 19.4. The molecule has 1 atom stereocenters. The second-order valence-electron chi connectivity index (χ2n) is 8.07. The van der Waals surface area contributed by atoms with E-state index in [1.54, 1.807) is 19.1 Å². The largest absolute Gasteiger partial charge is 0.389 e. The van der Waals surface area contributed by atoms with Gasteiger partial charge in [0.2, 0.25) is 0 Å². The molecule has 0 spiro atoms. The van der Waals surface area contributed by atoms with Crippen molar-refractivity contribution < 1.29 is 14.7 Å². The van der Waals surface area contributed by atoms with Gasteiger partial charge < -0.3 is 20.6 Å². The summed E-state index contributed by atoms with van der Waals surface area (Å²) in [5.41, 5.74) is 3.55. The van der Waals surface area contributed by atoms with Gasteiger partial charge in [-0.05, 0) is 68.3 Å². The standard InChI is InChI=1S/C25H26ClN3O3S/c1-16(30)21-4-2-3-5-22(21)29(19-10-11-19)18-8-6-17(7-9-18)27-14-20(31)15-28-25(32)23-12-13-24(26)33-23/h2-9,12-13,19-20,27,31H,10-11,14-15H2,1H3,(H,28,32). The Hall–Kier alpha value is -2.87. The van der Waals surface area contributed by atoms with Crippen LogP contribution in [0.3, 0.4) is 0 Å². The third-order valence-electron chi connectivity index (χ3n) is 5.44. The van der Waals surface area contributed by atoms with Crippen LogP contribution in [0.5, 0.6) is 0 Å². The molecule has 0 saturated heterocycles. The number of rotatable bonds is 10. The van der Waals surface area contributed by atoms with Crippen molar-refractivity contribution in [2.45, 2.75) is 31.9 Å². The molecule has 1 aromatic heterocycles. The Morgan fingerprint density at radius 1 is 1.09 bits per heavy atom. The highest BCUT2D eigenvalue weighted by molar-refractivity contribution is 7.18. The fourth-order valence-corrected chi connectivity index (χ4v) is 4.60. The summed E-state index contributed by atoms with van der Waals surface area (Å²) < 4.78 is 0.552. The second-order valence-corrected chi connectivity index (χ2v) is 9.78. The summed E-state index contributed by atoms with van der Waals surface area (Å²) in [4.78, 5) is 27.0. The number of carbonyl (C=O) groups is 2. The Morgan fingerprint density at radius 3 is 2.45 bits per heavy atom. The van der Waals surface area contributed by atoms with Crippen LogP contribution in [-0.4, -0.2) is 42.0 Å². The number of amides is 1. The van der Waals surface area contributed by atoms with Gasteiger partial charge in [0.15, 0.2) is 5.78 Å². The molecule has 2 aromatic carbocycles. The average molecular weight is 484 g/mol. The number of ketones is 1. The predicted octanol–water partition coefficient (Wildman–Crippen LogP) is 5.11. The van der Waals surface area contributed by atoms with Crippen molar-refractivity contribution in [1.29, 1.82) is 0 Å². The number of nitrogens with one attached hydrogen (secondary N) is 2. The minimum atomic E-state index is -0.741. The summed E-state index contributed by atoms with van der Waals surface area (Å²) in [7, 11) is 0. The van der Waals surface area contributed by atoms with Gasteiger partial charge in [0.25, 0.3) is 5.91 Å². The number of hydrogen-bond donors (Lipinski definition) is 3. The van der Waals surface area contributed by atoms with Gasteiger partial charge in [-0.2, -0.15) is 0 Å². The van der Waals surface area contributed by atoms with E-state index in [1.807, 2.05) is 48.5 Å². The monoisotopic (exact) mass is 483 g/mol. The van der Waals surface area contributed by atoms with Crippen LogP contribution in [-0.2, 0) is 0 Å². The van der Waals surface area contributed by atoms with Gasteiger partial charge in [0, 0.05) is 36.1 Å². The summed E-state index contributed by atoms with van der Waals surface area (Å²) in [5.74, 6) is -0.195. The van der Waals surface area contributed by atoms with E-state index in [0.717, 1.165) is 35.5 Å². The number of aliphatic hydroxyl groups excluding tert-OH is 1. The molecule has 6 nitrogen and oxygen atoms in total. The molecule has 1 aliphatic rings. The first-order valence-electron chi connectivity index (χ1n) is 10.9. The summed E-state index contributed by atoms with van der Waals surface area (Å²) in [6.45, 7) is 2.03. The molecule has 4 rings (SSSR count). The van der Waals surface area contributed by atoms with Gasteiger partial charge in [-0.3, -0.25) is 9.59 Å². The highest BCUT2D eigenvalue weighted by Crippen LogP contribution is 2.40. The smallest absolute Gasteiger partial charge is 0.261 e. The lowest BCUT2D eigenvalue weighted by molar-refractivity contribution is 0.0925. The molecule has 3 N–H and O–H groups in total. The first-order chi connectivity index (χ1) is 15.9. The fourth-order valence-electron chi connectivity index (χ4n) is 3.64.